The summed E-state index contributed by atoms with van der Waals surface area (Å²) in [5, 5.41) is 5.02. The van der Waals surface area contributed by atoms with Gasteiger partial charge in [0.15, 0.2) is 6.10 Å². The lowest BCUT2D eigenvalue weighted by Crippen LogP contribution is -2.47. The van der Waals surface area contributed by atoms with E-state index in [2.05, 4.69) is 26.8 Å². The Balaban J connectivity index is 2.01. The van der Waals surface area contributed by atoms with Gasteiger partial charge in [-0.2, -0.15) is 0 Å². The normalized spacial score (nSPS) is 12.1. The second-order valence-electron chi connectivity index (χ2n) is 5.35. The standard InChI is InChI=1S/C16H15BrClN3O5S/c1-9(26-11-4-2-3-10(17)7-11)15(22)20-21-16(23)13-8-12(27(19,24)25)5-6-14(13)18/h2-9H,1H3,(H,20,22)(H,21,23)(H2,19,24,25). The Morgan fingerprint density at radius 1 is 1.19 bits per heavy atom. The lowest BCUT2D eigenvalue weighted by atomic mass is 10.2. The Morgan fingerprint density at radius 2 is 1.89 bits per heavy atom. The van der Waals surface area contributed by atoms with Crippen LogP contribution in [0, 0.1) is 0 Å². The average molecular weight is 477 g/mol. The van der Waals surface area contributed by atoms with Gasteiger partial charge in [0, 0.05) is 4.47 Å². The predicted molar refractivity (Wildman–Crippen MR) is 103 cm³/mol. The summed E-state index contributed by atoms with van der Waals surface area (Å²) in [5.74, 6) is -0.974. The van der Waals surface area contributed by atoms with Crippen molar-refractivity contribution in [2.75, 3.05) is 0 Å². The number of nitrogens with two attached hydrogens (primary N) is 1. The van der Waals surface area contributed by atoms with Gasteiger partial charge in [0.1, 0.15) is 5.75 Å². The number of amides is 2. The number of rotatable bonds is 5. The average Bonchev–Trinajstić information content (AvgIpc) is 2.58. The van der Waals surface area contributed by atoms with Crippen LogP contribution < -0.4 is 20.7 Å². The summed E-state index contributed by atoms with van der Waals surface area (Å²) in [7, 11) is -4.01. The van der Waals surface area contributed by atoms with Gasteiger partial charge in [0.25, 0.3) is 11.8 Å². The third-order valence-electron chi connectivity index (χ3n) is 3.29. The van der Waals surface area contributed by atoms with Crippen molar-refractivity contribution in [1.29, 1.82) is 0 Å². The number of nitrogens with one attached hydrogen (secondary N) is 2. The molecule has 0 aliphatic heterocycles. The molecule has 27 heavy (non-hydrogen) atoms. The SMILES string of the molecule is CC(Oc1cccc(Br)c1)C(=O)NNC(=O)c1cc(S(N)(=O)=O)ccc1Cl. The van der Waals surface area contributed by atoms with Crippen LogP contribution in [0.5, 0.6) is 5.75 Å². The molecule has 0 aliphatic rings. The van der Waals surface area contributed by atoms with Crippen molar-refractivity contribution < 1.29 is 22.7 Å². The van der Waals surface area contributed by atoms with E-state index in [4.69, 9.17) is 21.5 Å². The Hall–Kier alpha value is -2.14. The number of sulfonamides is 1. The molecule has 0 saturated carbocycles. The van der Waals surface area contributed by atoms with Gasteiger partial charge in [-0.05, 0) is 43.3 Å². The smallest absolute Gasteiger partial charge is 0.279 e. The molecular formula is C16H15BrClN3O5S. The van der Waals surface area contributed by atoms with E-state index >= 15 is 0 Å². The van der Waals surface area contributed by atoms with E-state index in [0.717, 1.165) is 10.5 Å². The van der Waals surface area contributed by atoms with Gasteiger partial charge in [0.05, 0.1) is 15.5 Å². The van der Waals surface area contributed by atoms with Crippen LogP contribution in [0.3, 0.4) is 0 Å². The number of carbonyl (C=O) groups excluding carboxylic acids is 2. The van der Waals surface area contributed by atoms with Crippen LogP contribution in [-0.4, -0.2) is 26.3 Å². The third-order valence-corrected chi connectivity index (χ3v) is 5.02. The monoisotopic (exact) mass is 475 g/mol. The lowest BCUT2D eigenvalue weighted by Gasteiger charge is -2.15. The van der Waals surface area contributed by atoms with E-state index in [1.54, 1.807) is 24.3 Å². The van der Waals surface area contributed by atoms with Crippen molar-refractivity contribution in [2.24, 2.45) is 5.14 Å². The van der Waals surface area contributed by atoms with Gasteiger partial charge in [-0.3, -0.25) is 20.4 Å². The quantitative estimate of drug-likeness (QED) is 0.569. The molecule has 2 aromatic rings. The second-order valence-corrected chi connectivity index (χ2v) is 8.23. The minimum atomic E-state index is -4.01. The molecule has 0 saturated heterocycles. The molecule has 0 bridgehead atoms. The number of ether oxygens (including phenoxy) is 1. The summed E-state index contributed by atoms with van der Waals surface area (Å²) in [6.45, 7) is 1.50. The van der Waals surface area contributed by atoms with Crippen molar-refractivity contribution in [2.45, 2.75) is 17.9 Å². The Labute approximate surface area is 169 Å². The van der Waals surface area contributed by atoms with Crippen LogP contribution in [0.4, 0.5) is 0 Å². The Kier molecular flexibility index (Phi) is 6.82. The number of primary sulfonamides is 1. The number of hydrogen-bond donors (Lipinski definition) is 3. The first-order valence-corrected chi connectivity index (χ1v) is 10.1. The number of hydrazine groups is 1. The van der Waals surface area contributed by atoms with Gasteiger partial charge < -0.3 is 4.74 Å². The summed E-state index contributed by atoms with van der Waals surface area (Å²) in [5.41, 5.74) is 4.17. The van der Waals surface area contributed by atoms with Crippen LogP contribution >= 0.6 is 27.5 Å². The first-order valence-electron chi connectivity index (χ1n) is 7.42. The highest BCUT2D eigenvalue weighted by molar-refractivity contribution is 9.10. The molecule has 1 unspecified atom stereocenters. The zero-order valence-electron chi connectivity index (χ0n) is 13.9. The molecule has 144 valence electrons. The molecule has 0 radical (unpaired) electrons. The highest BCUT2D eigenvalue weighted by Gasteiger charge is 2.19. The van der Waals surface area contributed by atoms with Crippen molar-refractivity contribution in [3.05, 3.63) is 57.5 Å². The molecule has 0 aromatic heterocycles. The zero-order valence-corrected chi connectivity index (χ0v) is 17.1. The first kappa shape index (κ1) is 21.2. The maximum absolute atomic E-state index is 12.2. The summed E-state index contributed by atoms with van der Waals surface area (Å²) < 4.78 is 29.0. The molecule has 8 nitrogen and oxygen atoms in total. The molecule has 0 aliphatic carbocycles. The summed E-state index contributed by atoms with van der Waals surface area (Å²) in [6, 6.07) is 10.3. The van der Waals surface area contributed by atoms with E-state index in [9.17, 15) is 18.0 Å². The van der Waals surface area contributed by atoms with Crippen LogP contribution in [-0.2, 0) is 14.8 Å². The number of hydrogen-bond acceptors (Lipinski definition) is 5. The topological polar surface area (TPSA) is 128 Å². The van der Waals surface area contributed by atoms with E-state index in [-0.39, 0.29) is 15.5 Å². The van der Waals surface area contributed by atoms with Crippen LogP contribution in [0.2, 0.25) is 5.02 Å². The minimum Gasteiger partial charge on any atom is -0.481 e. The van der Waals surface area contributed by atoms with Crippen molar-refractivity contribution in [3.8, 4) is 5.75 Å². The van der Waals surface area contributed by atoms with Gasteiger partial charge in [0.2, 0.25) is 10.0 Å². The fraction of sp³-hybridized carbons (Fsp3) is 0.125. The molecule has 2 rings (SSSR count). The van der Waals surface area contributed by atoms with Crippen LogP contribution in [0.15, 0.2) is 51.8 Å². The van der Waals surface area contributed by atoms with Crippen molar-refractivity contribution >= 4 is 49.4 Å². The molecule has 11 heteroatoms. The van der Waals surface area contributed by atoms with Crippen LogP contribution in [0.25, 0.3) is 0 Å². The highest BCUT2D eigenvalue weighted by atomic mass is 79.9. The third kappa shape index (κ3) is 5.93. The summed E-state index contributed by atoms with van der Waals surface area (Å²) in [6.07, 6.45) is -0.911. The predicted octanol–water partition coefficient (Wildman–Crippen LogP) is 1.98. The fourth-order valence-electron chi connectivity index (χ4n) is 1.94. The largest absolute Gasteiger partial charge is 0.481 e. The van der Waals surface area contributed by atoms with E-state index in [0.29, 0.717) is 5.75 Å². The second kappa shape index (κ2) is 8.70. The molecule has 0 heterocycles. The maximum atomic E-state index is 12.2. The number of carbonyl (C=O) groups is 2. The molecule has 4 N–H and O–H groups in total. The lowest BCUT2D eigenvalue weighted by molar-refractivity contribution is -0.128. The van der Waals surface area contributed by atoms with E-state index in [1.807, 2.05) is 0 Å². The number of halogens is 2. The van der Waals surface area contributed by atoms with Gasteiger partial charge >= 0.3 is 0 Å². The Morgan fingerprint density at radius 3 is 2.52 bits per heavy atom. The molecule has 1 atom stereocenters. The number of benzene rings is 2. The first-order chi connectivity index (χ1) is 12.6. The van der Waals surface area contributed by atoms with Crippen molar-refractivity contribution in [1.82, 2.24) is 10.9 Å². The van der Waals surface area contributed by atoms with Crippen LogP contribution in [0.1, 0.15) is 17.3 Å². The fourth-order valence-corrected chi connectivity index (χ4v) is 3.06. The highest BCUT2D eigenvalue weighted by Crippen LogP contribution is 2.20. The van der Waals surface area contributed by atoms with E-state index in [1.165, 1.54) is 19.1 Å². The minimum absolute atomic E-state index is 0.00687. The van der Waals surface area contributed by atoms with E-state index < -0.39 is 27.9 Å². The van der Waals surface area contributed by atoms with Gasteiger partial charge in [-0.15, -0.1) is 0 Å². The van der Waals surface area contributed by atoms with Crippen molar-refractivity contribution in [3.63, 3.8) is 0 Å². The maximum Gasteiger partial charge on any atom is 0.279 e. The molecular weight excluding hydrogens is 462 g/mol. The molecule has 0 spiro atoms. The zero-order chi connectivity index (χ0) is 20.2. The Bertz CT molecular complexity index is 984. The molecule has 2 aromatic carbocycles. The van der Waals surface area contributed by atoms with Gasteiger partial charge in [-0.25, -0.2) is 13.6 Å². The van der Waals surface area contributed by atoms with Gasteiger partial charge in [-0.1, -0.05) is 33.6 Å². The molecule has 0 fully saturated rings. The molecule has 2 amide bonds. The summed E-state index contributed by atoms with van der Waals surface area (Å²) in [4.78, 5) is 24.0. The summed E-state index contributed by atoms with van der Waals surface area (Å²) >= 11 is 9.19.